The molecule has 1 heterocycles. The Kier molecular flexibility index (Phi) is 4.89. The minimum atomic E-state index is -3.98. The van der Waals surface area contributed by atoms with Gasteiger partial charge in [-0.2, -0.15) is 0 Å². The number of hydrogen-bond acceptors (Lipinski definition) is 4. The summed E-state index contributed by atoms with van der Waals surface area (Å²) in [7, 11) is -3.98. The maximum absolute atomic E-state index is 12.2. The number of nitrogens with one attached hydrogen (secondary N) is 2. The van der Waals surface area contributed by atoms with Crippen molar-refractivity contribution >= 4 is 10.0 Å². The number of benzene rings is 1. The van der Waals surface area contributed by atoms with Crippen molar-refractivity contribution in [2.24, 2.45) is 0 Å². The van der Waals surface area contributed by atoms with Gasteiger partial charge in [0.25, 0.3) is 0 Å². The van der Waals surface area contributed by atoms with Crippen LogP contribution in [0.5, 0.6) is 0 Å². The average Bonchev–Trinajstić information content (AvgIpc) is 2.47. The van der Waals surface area contributed by atoms with Crippen LogP contribution in [0.1, 0.15) is 5.56 Å². The molecule has 0 aliphatic carbocycles. The number of aliphatic hydroxyl groups is 1. The molecular weight excluding hydrogens is 292 g/mol. The zero-order valence-corrected chi connectivity index (χ0v) is 12.0. The van der Waals surface area contributed by atoms with Crippen LogP contribution in [0, 0.1) is 0 Å². The second kappa shape index (κ2) is 6.66. The topological polar surface area (TPSA) is 99.3 Å². The summed E-state index contributed by atoms with van der Waals surface area (Å²) in [6.45, 7) is -0.362. The molecule has 0 radical (unpaired) electrons. The van der Waals surface area contributed by atoms with Crippen LogP contribution in [-0.4, -0.2) is 31.2 Å². The van der Waals surface area contributed by atoms with Gasteiger partial charge in [0.05, 0.1) is 6.61 Å². The highest BCUT2D eigenvalue weighted by atomic mass is 32.2. The van der Waals surface area contributed by atoms with Crippen molar-refractivity contribution in [2.75, 3.05) is 6.61 Å². The predicted molar refractivity (Wildman–Crippen MR) is 78.4 cm³/mol. The number of aromatic amines is 1. The molecule has 1 aromatic carbocycles. The normalized spacial score (nSPS) is 13.0. The molecule has 0 fully saturated rings. The van der Waals surface area contributed by atoms with Gasteiger partial charge in [0.15, 0.2) is 0 Å². The quantitative estimate of drug-likeness (QED) is 0.712. The van der Waals surface area contributed by atoms with Gasteiger partial charge in [-0.1, -0.05) is 30.3 Å². The van der Waals surface area contributed by atoms with E-state index in [2.05, 4.69) is 9.71 Å². The van der Waals surface area contributed by atoms with E-state index in [1.165, 1.54) is 6.20 Å². The Balaban J connectivity index is 2.18. The highest BCUT2D eigenvalue weighted by molar-refractivity contribution is 7.89. The van der Waals surface area contributed by atoms with Crippen LogP contribution >= 0.6 is 0 Å². The van der Waals surface area contributed by atoms with Crippen molar-refractivity contribution in [3.05, 3.63) is 64.6 Å². The number of pyridine rings is 1. The minimum Gasteiger partial charge on any atom is -0.395 e. The molecule has 1 unspecified atom stereocenters. The first-order valence-corrected chi connectivity index (χ1v) is 7.85. The summed E-state index contributed by atoms with van der Waals surface area (Å²) in [5, 5.41) is 9.35. The lowest BCUT2D eigenvalue weighted by Gasteiger charge is -2.16. The van der Waals surface area contributed by atoms with E-state index in [0.717, 1.165) is 17.8 Å². The molecule has 0 aliphatic rings. The summed E-state index contributed by atoms with van der Waals surface area (Å²) in [6, 6.07) is 9.64. The minimum absolute atomic E-state index is 0.335. The van der Waals surface area contributed by atoms with Gasteiger partial charge >= 0.3 is 0 Å². The van der Waals surface area contributed by atoms with Crippen LogP contribution in [0.4, 0.5) is 0 Å². The number of aromatic nitrogens is 1. The number of sulfonamides is 1. The van der Waals surface area contributed by atoms with Gasteiger partial charge in [0, 0.05) is 24.5 Å². The zero-order valence-electron chi connectivity index (χ0n) is 11.2. The van der Waals surface area contributed by atoms with Gasteiger partial charge in [-0.3, -0.25) is 4.79 Å². The third-order valence-electron chi connectivity index (χ3n) is 2.94. The zero-order chi connectivity index (χ0) is 15.3. The second-order valence-corrected chi connectivity index (χ2v) is 6.25. The summed E-state index contributed by atoms with van der Waals surface area (Å²) in [6.07, 6.45) is 2.82. The second-order valence-electron chi connectivity index (χ2n) is 4.56. The van der Waals surface area contributed by atoms with E-state index in [1.807, 2.05) is 30.3 Å². The summed E-state index contributed by atoms with van der Waals surface area (Å²) >= 11 is 0. The molecule has 0 amide bonds. The van der Waals surface area contributed by atoms with Crippen molar-refractivity contribution in [1.82, 2.24) is 9.71 Å². The molecule has 1 atom stereocenters. The van der Waals surface area contributed by atoms with Crippen LogP contribution in [0.15, 0.2) is 58.5 Å². The van der Waals surface area contributed by atoms with E-state index in [0.29, 0.717) is 6.42 Å². The fourth-order valence-corrected chi connectivity index (χ4v) is 3.22. The lowest BCUT2D eigenvalue weighted by molar-refractivity contribution is 0.256. The van der Waals surface area contributed by atoms with E-state index < -0.39 is 21.5 Å². The summed E-state index contributed by atoms with van der Waals surface area (Å²) < 4.78 is 26.7. The molecule has 0 bridgehead atoms. The maximum Gasteiger partial charge on any atom is 0.246 e. The van der Waals surface area contributed by atoms with Crippen molar-refractivity contribution in [3.8, 4) is 0 Å². The first kappa shape index (κ1) is 15.4. The molecule has 0 saturated heterocycles. The highest BCUT2D eigenvalue weighted by Crippen LogP contribution is 2.07. The molecule has 0 spiro atoms. The van der Waals surface area contributed by atoms with E-state index in [1.54, 1.807) is 0 Å². The lowest BCUT2D eigenvalue weighted by atomic mass is 10.1. The monoisotopic (exact) mass is 308 g/mol. The number of aliphatic hydroxyl groups excluding tert-OH is 1. The van der Waals surface area contributed by atoms with Crippen LogP contribution in [0.3, 0.4) is 0 Å². The van der Waals surface area contributed by atoms with E-state index in [4.69, 9.17) is 0 Å². The summed E-state index contributed by atoms with van der Waals surface area (Å²) in [4.78, 5) is 13.8. The third kappa shape index (κ3) is 4.01. The maximum atomic E-state index is 12.2. The Labute approximate surface area is 122 Å². The molecule has 6 nitrogen and oxygen atoms in total. The molecule has 1 aromatic heterocycles. The van der Waals surface area contributed by atoms with E-state index >= 15 is 0 Å². The van der Waals surface area contributed by atoms with Gasteiger partial charge in [0.2, 0.25) is 15.5 Å². The molecule has 0 aliphatic heterocycles. The summed E-state index contributed by atoms with van der Waals surface area (Å²) in [5.74, 6) is 0. The average molecular weight is 308 g/mol. The van der Waals surface area contributed by atoms with Crippen LogP contribution in [0.2, 0.25) is 0 Å². The fraction of sp³-hybridized carbons (Fsp3) is 0.214. The molecule has 2 aromatic rings. The van der Waals surface area contributed by atoms with Crippen molar-refractivity contribution in [1.29, 1.82) is 0 Å². The van der Waals surface area contributed by atoms with Gasteiger partial charge in [-0.25, -0.2) is 13.1 Å². The van der Waals surface area contributed by atoms with Crippen molar-refractivity contribution < 1.29 is 13.5 Å². The smallest absolute Gasteiger partial charge is 0.246 e. The van der Waals surface area contributed by atoms with Gasteiger partial charge in [-0.05, 0) is 12.0 Å². The SMILES string of the molecule is O=c1cc[nH]cc1S(=O)(=O)NC(CO)Cc1ccccc1. The molecule has 3 N–H and O–H groups in total. The Hall–Kier alpha value is -1.96. The Bertz CT molecular complexity index is 741. The lowest BCUT2D eigenvalue weighted by Crippen LogP contribution is -2.40. The molecule has 112 valence electrons. The Morgan fingerprint density at radius 1 is 1.19 bits per heavy atom. The molecule has 2 rings (SSSR count). The van der Waals surface area contributed by atoms with Gasteiger partial charge in [0.1, 0.15) is 4.90 Å². The van der Waals surface area contributed by atoms with E-state index in [-0.39, 0.29) is 11.5 Å². The van der Waals surface area contributed by atoms with Crippen molar-refractivity contribution in [2.45, 2.75) is 17.4 Å². The van der Waals surface area contributed by atoms with Gasteiger partial charge < -0.3 is 10.1 Å². The predicted octanol–water partition coefficient (Wildman–Crippen LogP) is 0.257. The Morgan fingerprint density at radius 3 is 2.52 bits per heavy atom. The van der Waals surface area contributed by atoms with E-state index in [9.17, 15) is 18.3 Å². The third-order valence-corrected chi connectivity index (χ3v) is 4.49. The highest BCUT2D eigenvalue weighted by Gasteiger charge is 2.22. The van der Waals surface area contributed by atoms with Crippen molar-refractivity contribution in [3.63, 3.8) is 0 Å². The standard InChI is InChI=1S/C14H16N2O4S/c17-10-12(8-11-4-2-1-3-5-11)16-21(19,20)14-9-15-7-6-13(14)18/h1-7,9,12,16-17H,8,10H2,(H,15,18). The van der Waals surface area contributed by atoms with Crippen LogP contribution in [0.25, 0.3) is 0 Å². The first-order chi connectivity index (χ1) is 10.0. The summed E-state index contributed by atoms with van der Waals surface area (Å²) in [5.41, 5.74) is 0.291. The molecule has 0 saturated carbocycles. The van der Waals surface area contributed by atoms with Gasteiger partial charge in [-0.15, -0.1) is 0 Å². The molecular formula is C14H16N2O4S. The first-order valence-electron chi connectivity index (χ1n) is 6.37. The van der Waals surface area contributed by atoms with Crippen LogP contribution in [-0.2, 0) is 16.4 Å². The molecule has 7 heteroatoms. The number of rotatable bonds is 6. The number of H-pyrrole nitrogens is 1. The number of hydrogen-bond donors (Lipinski definition) is 3. The van der Waals surface area contributed by atoms with Crippen LogP contribution < -0.4 is 10.2 Å². The fourth-order valence-electron chi connectivity index (χ4n) is 1.94. The Morgan fingerprint density at radius 2 is 1.90 bits per heavy atom. The molecule has 21 heavy (non-hydrogen) atoms. The largest absolute Gasteiger partial charge is 0.395 e.